The molecule has 2 aromatic heterocycles. The van der Waals surface area contributed by atoms with E-state index in [1.807, 2.05) is 0 Å². The van der Waals surface area contributed by atoms with Crippen LogP contribution < -0.4 is 10.6 Å². The summed E-state index contributed by atoms with van der Waals surface area (Å²) in [5, 5.41) is 13.9. The third kappa shape index (κ3) is 1.86. The van der Waals surface area contributed by atoms with E-state index in [-0.39, 0.29) is 12.1 Å². The van der Waals surface area contributed by atoms with Crippen LogP contribution in [0.1, 0.15) is 19.8 Å². The van der Waals surface area contributed by atoms with Crippen molar-refractivity contribution < 1.29 is 0 Å². The van der Waals surface area contributed by atoms with E-state index < -0.39 is 0 Å². The van der Waals surface area contributed by atoms with Crippen molar-refractivity contribution in [2.45, 2.75) is 31.8 Å². The van der Waals surface area contributed by atoms with E-state index in [2.05, 4.69) is 37.2 Å². The zero-order valence-corrected chi connectivity index (χ0v) is 10.3. The molecule has 18 heavy (non-hydrogen) atoms. The van der Waals surface area contributed by atoms with Gasteiger partial charge in [0.05, 0.1) is 11.8 Å². The molecule has 0 radical (unpaired) electrons. The van der Waals surface area contributed by atoms with Gasteiger partial charge in [-0.1, -0.05) is 0 Å². The van der Waals surface area contributed by atoms with Gasteiger partial charge in [0.15, 0.2) is 5.82 Å². The highest BCUT2D eigenvalue weighted by Gasteiger charge is 2.27. The molecule has 4 N–H and O–H groups in total. The van der Waals surface area contributed by atoms with Crippen molar-refractivity contribution in [3.63, 3.8) is 0 Å². The number of aromatic amines is 2. The second-order valence-electron chi connectivity index (χ2n) is 4.71. The number of anilines is 1. The summed E-state index contributed by atoms with van der Waals surface area (Å²) in [7, 11) is 0. The van der Waals surface area contributed by atoms with Crippen LogP contribution in [0.5, 0.6) is 0 Å². The Kier molecular flexibility index (Phi) is 2.75. The van der Waals surface area contributed by atoms with Crippen LogP contribution in [0.15, 0.2) is 12.4 Å². The predicted molar refractivity (Wildman–Crippen MR) is 68.0 cm³/mol. The molecule has 1 aliphatic heterocycles. The Hall–Kier alpha value is -1.89. The number of nitrogens with zero attached hydrogens (tertiary/aromatic N) is 4. The summed E-state index contributed by atoms with van der Waals surface area (Å²) in [4.78, 5) is 6.67. The highest BCUT2D eigenvalue weighted by Crippen LogP contribution is 2.22. The van der Waals surface area contributed by atoms with Crippen LogP contribution in [0.25, 0.3) is 11.4 Å². The minimum atomic E-state index is 0.189. The third-order valence-corrected chi connectivity index (χ3v) is 3.55. The number of H-pyrrole nitrogens is 2. The average molecular weight is 247 g/mol. The fourth-order valence-electron chi connectivity index (χ4n) is 2.35. The van der Waals surface area contributed by atoms with Gasteiger partial charge in [-0.2, -0.15) is 10.1 Å². The molecule has 2 atom stereocenters. The fourth-order valence-corrected chi connectivity index (χ4v) is 2.35. The number of aromatic nitrogens is 5. The van der Waals surface area contributed by atoms with Gasteiger partial charge in [0.2, 0.25) is 5.95 Å². The van der Waals surface area contributed by atoms with E-state index in [1.165, 1.54) is 0 Å². The van der Waals surface area contributed by atoms with Gasteiger partial charge in [-0.05, 0) is 19.8 Å². The molecule has 0 aromatic carbocycles. The van der Waals surface area contributed by atoms with E-state index in [1.54, 1.807) is 12.4 Å². The molecule has 3 rings (SSSR count). The molecular formula is C11H17N7. The van der Waals surface area contributed by atoms with Gasteiger partial charge in [-0.25, -0.2) is 0 Å². The Morgan fingerprint density at radius 2 is 2.39 bits per heavy atom. The topological polar surface area (TPSA) is 99.5 Å². The number of hydrogen-bond acceptors (Lipinski definition) is 5. The molecule has 7 heteroatoms. The third-order valence-electron chi connectivity index (χ3n) is 3.55. The SMILES string of the molecule is CC1C(N)CCCN1c1n[nH]c(-c2cn[nH]c2)n1. The molecule has 0 spiro atoms. The lowest BCUT2D eigenvalue weighted by Crippen LogP contribution is -2.50. The summed E-state index contributed by atoms with van der Waals surface area (Å²) in [5.74, 6) is 1.44. The van der Waals surface area contributed by atoms with Gasteiger partial charge >= 0.3 is 0 Å². The number of hydrogen-bond donors (Lipinski definition) is 3. The molecule has 96 valence electrons. The molecule has 2 aromatic rings. The molecule has 3 heterocycles. The summed E-state index contributed by atoms with van der Waals surface area (Å²) < 4.78 is 0. The Balaban J connectivity index is 1.84. The lowest BCUT2D eigenvalue weighted by Gasteiger charge is -2.36. The standard InChI is InChI=1S/C11H17N7/c1-7-9(12)3-2-4-18(7)11-15-10(16-17-11)8-5-13-14-6-8/h5-7,9H,2-4,12H2,1H3,(H,13,14)(H,15,16,17). The lowest BCUT2D eigenvalue weighted by atomic mass is 9.99. The minimum absolute atomic E-state index is 0.189. The Morgan fingerprint density at radius 3 is 3.17 bits per heavy atom. The Morgan fingerprint density at radius 1 is 1.50 bits per heavy atom. The van der Waals surface area contributed by atoms with Crippen molar-refractivity contribution in [1.29, 1.82) is 0 Å². The average Bonchev–Trinajstić information content (AvgIpc) is 3.01. The maximum atomic E-state index is 6.08. The van der Waals surface area contributed by atoms with E-state index >= 15 is 0 Å². The second-order valence-corrected chi connectivity index (χ2v) is 4.71. The van der Waals surface area contributed by atoms with Crippen LogP contribution in [0, 0.1) is 0 Å². The van der Waals surface area contributed by atoms with Gasteiger partial charge < -0.3 is 10.6 Å². The van der Waals surface area contributed by atoms with Crippen molar-refractivity contribution in [3.05, 3.63) is 12.4 Å². The first-order valence-electron chi connectivity index (χ1n) is 6.19. The molecule has 1 aliphatic rings. The van der Waals surface area contributed by atoms with Crippen LogP contribution in [-0.2, 0) is 0 Å². The quantitative estimate of drug-likeness (QED) is 0.718. The highest BCUT2D eigenvalue weighted by molar-refractivity contribution is 5.53. The minimum Gasteiger partial charge on any atom is -0.335 e. The van der Waals surface area contributed by atoms with Gasteiger partial charge in [0.1, 0.15) is 0 Å². The maximum absolute atomic E-state index is 6.08. The molecule has 1 saturated heterocycles. The maximum Gasteiger partial charge on any atom is 0.245 e. The van der Waals surface area contributed by atoms with Crippen molar-refractivity contribution >= 4 is 5.95 Å². The Labute approximate surface area is 105 Å². The lowest BCUT2D eigenvalue weighted by molar-refractivity contribution is 0.416. The molecular weight excluding hydrogens is 230 g/mol. The zero-order valence-electron chi connectivity index (χ0n) is 10.3. The van der Waals surface area contributed by atoms with Crippen molar-refractivity contribution in [2.75, 3.05) is 11.4 Å². The number of nitrogens with two attached hydrogens (primary N) is 1. The Bertz CT molecular complexity index is 503. The van der Waals surface area contributed by atoms with E-state index in [0.29, 0.717) is 5.95 Å². The van der Waals surface area contributed by atoms with Crippen molar-refractivity contribution in [2.24, 2.45) is 5.73 Å². The van der Waals surface area contributed by atoms with Crippen molar-refractivity contribution in [1.82, 2.24) is 25.4 Å². The molecule has 0 bridgehead atoms. The van der Waals surface area contributed by atoms with Gasteiger partial charge in [-0.3, -0.25) is 10.2 Å². The molecule has 0 amide bonds. The first-order chi connectivity index (χ1) is 8.75. The fraction of sp³-hybridized carbons (Fsp3) is 0.545. The molecule has 0 saturated carbocycles. The summed E-state index contributed by atoms with van der Waals surface area (Å²) in [6, 6.07) is 0.460. The van der Waals surface area contributed by atoms with Gasteiger partial charge in [0, 0.05) is 24.8 Å². The monoisotopic (exact) mass is 247 g/mol. The highest BCUT2D eigenvalue weighted by atomic mass is 15.4. The zero-order chi connectivity index (χ0) is 12.5. The van der Waals surface area contributed by atoms with E-state index in [9.17, 15) is 0 Å². The summed E-state index contributed by atoms with van der Waals surface area (Å²) >= 11 is 0. The normalized spacial score (nSPS) is 24.4. The predicted octanol–water partition coefficient (Wildman–Crippen LogP) is 0.511. The van der Waals surface area contributed by atoms with Crippen molar-refractivity contribution in [3.8, 4) is 11.4 Å². The summed E-state index contributed by atoms with van der Waals surface area (Å²) in [6.07, 6.45) is 5.66. The smallest absolute Gasteiger partial charge is 0.245 e. The molecule has 0 aliphatic carbocycles. The van der Waals surface area contributed by atoms with Crippen LogP contribution >= 0.6 is 0 Å². The number of piperidine rings is 1. The largest absolute Gasteiger partial charge is 0.335 e. The first-order valence-corrected chi connectivity index (χ1v) is 6.19. The molecule has 1 fully saturated rings. The van der Waals surface area contributed by atoms with Crippen LogP contribution in [0.4, 0.5) is 5.95 Å². The van der Waals surface area contributed by atoms with Crippen LogP contribution in [-0.4, -0.2) is 44.0 Å². The molecule has 2 unspecified atom stereocenters. The number of nitrogens with one attached hydrogen (secondary N) is 2. The van der Waals surface area contributed by atoms with Crippen LogP contribution in [0.2, 0.25) is 0 Å². The van der Waals surface area contributed by atoms with E-state index in [4.69, 9.17) is 5.73 Å². The van der Waals surface area contributed by atoms with E-state index in [0.717, 1.165) is 30.8 Å². The number of rotatable bonds is 2. The summed E-state index contributed by atoms with van der Waals surface area (Å²) in [5.41, 5.74) is 6.99. The summed E-state index contributed by atoms with van der Waals surface area (Å²) in [6.45, 7) is 3.08. The van der Waals surface area contributed by atoms with Crippen LogP contribution in [0.3, 0.4) is 0 Å². The second kappa shape index (κ2) is 4.41. The first kappa shape index (κ1) is 11.2. The molecule has 7 nitrogen and oxygen atoms in total. The van der Waals surface area contributed by atoms with Gasteiger partial charge in [-0.15, -0.1) is 5.10 Å². The van der Waals surface area contributed by atoms with Gasteiger partial charge in [0.25, 0.3) is 0 Å².